The standard InChI is InChI=1S/C15H16Cl3N3/c1-10-15(18)12(16)9-21(10)11-5-7-20(8-6-11)14-4-2-3-13(17)19-14/h2-4,9,11H,5-8H2,1H3. The van der Waals surface area contributed by atoms with Crippen LogP contribution in [0.5, 0.6) is 0 Å². The van der Waals surface area contributed by atoms with Gasteiger partial charge in [0.2, 0.25) is 0 Å². The van der Waals surface area contributed by atoms with Crippen molar-refractivity contribution < 1.29 is 0 Å². The lowest BCUT2D eigenvalue weighted by molar-refractivity contribution is 0.391. The number of piperidine rings is 1. The van der Waals surface area contributed by atoms with Crippen LogP contribution in [0.15, 0.2) is 24.4 Å². The Morgan fingerprint density at radius 3 is 2.43 bits per heavy atom. The van der Waals surface area contributed by atoms with E-state index >= 15 is 0 Å². The first-order chi connectivity index (χ1) is 10.1. The molecule has 0 bridgehead atoms. The number of aromatic nitrogens is 2. The Morgan fingerprint density at radius 1 is 1.14 bits per heavy atom. The summed E-state index contributed by atoms with van der Waals surface area (Å²) in [5.74, 6) is 0.946. The highest BCUT2D eigenvalue weighted by Crippen LogP contribution is 2.33. The van der Waals surface area contributed by atoms with E-state index < -0.39 is 0 Å². The molecule has 1 aliphatic rings. The SMILES string of the molecule is Cc1c(Cl)c(Cl)cn1C1CCN(c2cccc(Cl)n2)CC1. The Bertz CT molecular complexity index is 646. The first kappa shape index (κ1) is 15.0. The number of hydrogen-bond acceptors (Lipinski definition) is 2. The first-order valence-corrected chi connectivity index (χ1v) is 8.09. The molecule has 3 heterocycles. The fraction of sp³-hybridized carbons (Fsp3) is 0.400. The van der Waals surface area contributed by atoms with Crippen LogP contribution in [0, 0.1) is 6.92 Å². The lowest BCUT2D eigenvalue weighted by Gasteiger charge is -2.34. The summed E-state index contributed by atoms with van der Waals surface area (Å²) in [6.07, 6.45) is 4.02. The smallest absolute Gasteiger partial charge is 0.131 e. The predicted octanol–water partition coefficient (Wildman–Crippen LogP) is 4.99. The molecule has 0 amide bonds. The zero-order valence-corrected chi connectivity index (χ0v) is 14.0. The second-order valence-corrected chi connectivity index (χ2v) is 6.49. The second kappa shape index (κ2) is 6.07. The molecule has 6 heteroatoms. The van der Waals surface area contributed by atoms with Crippen LogP contribution in [-0.2, 0) is 0 Å². The van der Waals surface area contributed by atoms with Gasteiger partial charge < -0.3 is 9.47 Å². The Morgan fingerprint density at radius 2 is 1.86 bits per heavy atom. The van der Waals surface area contributed by atoms with Gasteiger partial charge in [0, 0.05) is 31.0 Å². The maximum Gasteiger partial charge on any atom is 0.131 e. The van der Waals surface area contributed by atoms with E-state index in [-0.39, 0.29) is 0 Å². The van der Waals surface area contributed by atoms with Gasteiger partial charge in [-0.2, -0.15) is 0 Å². The highest BCUT2D eigenvalue weighted by Gasteiger charge is 2.23. The average molecular weight is 345 g/mol. The second-order valence-electron chi connectivity index (χ2n) is 5.32. The van der Waals surface area contributed by atoms with E-state index in [0.717, 1.165) is 37.4 Å². The summed E-state index contributed by atoms with van der Waals surface area (Å²) in [5, 5.41) is 1.83. The lowest BCUT2D eigenvalue weighted by Crippen LogP contribution is -2.35. The molecule has 0 spiro atoms. The normalized spacial score (nSPS) is 16.5. The molecule has 0 aromatic carbocycles. The van der Waals surface area contributed by atoms with Gasteiger partial charge in [-0.25, -0.2) is 4.98 Å². The monoisotopic (exact) mass is 343 g/mol. The zero-order valence-electron chi connectivity index (χ0n) is 11.7. The highest BCUT2D eigenvalue weighted by atomic mass is 35.5. The summed E-state index contributed by atoms with van der Waals surface area (Å²) >= 11 is 18.2. The summed E-state index contributed by atoms with van der Waals surface area (Å²) in [4.78, 5) is 6.64. The van der Waals surface area contributed by atoms with Gasteiger partial charge in [-0.1, -0.05) is 40.9 Å². The van der Waals surface area contributed by atoms with Crippen LogP contribution in [0.4, 0.5) is 5.82 Å². The Labute approximate surface area is 139 Å². The highest BCUT2D eigenvalue weighted by molar-refractivity contribution is 6.42. The Hall–Kier alpha value is -0.900. The molecule has 1 fully saturated rings. The third kappa shape index (κ3) is 3.01. The molecule has 112 valence electrons. The van der Waals surface area contributed by atoms with Gasteiger partial charge in [-0.3, -0.25) is 0 Å². The van der Waals surface area contributed by atoms with E-state index in [1.165, 1.54) is 0 Å². The minimum Gasteiger partial charge on any atom is -0.356 e. The molecular weight excluding hydrogens is 329 g/mol. The van der Waals surface area contributed by atoms with E-state index in [1.807, 2.05) is 25.3 Å². The van der Waals surface area contributed by atoms with Crippen LogP contribution in [0.1, 0.15) is 24.6 Å². The number of halogens is 3. The molecule has 3 rings (SSSR count). The van der Waals surface area contributed by atoms with E-state index in [2.05, 4.69) is 14.5 Å². The van der Waals surface area contributed by atoms with Gasteiger partial charge >= 0.3 is 0 Å². The van der Waals surface area contributed by atoms with Crippen molar-refractivity contribution in [1.82, 2.24) is 9.55 Å². The molecule has 1 saturated heterocycles. The average Bonchev–Trinajstić information content (AvgIpc) is 2.75. The van der Waals surface area contributed by atoms with Crippen molar-refractivity contribution in [3.63, 3.8) is 0 Å². The third-order valence-electron chi connectivity index (χ3n) is 4.05. The molecule has 1 aliphatic heterocycles. The van der Waals surface area contributed by atoms with Crippen LogP contribution < -0.4 is 4.90 Å². The number of anilines is 1. The van der Waals surface area contributed by atoms with Gasteiger partial charge in [-0.05, 0) is 31.9 Å². The van der Waals surface area contributed by atoms with Crippen LogP contribution in [0.2, 0.25) is 15.2 Å². The van der Waals surface area contributed by atoms with E-state index in [4.69, 9.17) is 34.8 Å². The molecule has 0 unspecified atom stereocenters. The van der Waals surface area contributed by atoms with Crippen molar-refractivity contribution in [3.8, 4) is 0 Å². The van der Waals surface area contributed by atoms with Gasteiger partial charge in [0.05, 0.1) is 10.0 Å². The van der Waals surface area contributed by atoms with Crippen molar-refractivity contribution in [3.05, 3.63) is 45.3 Å². The van der Waals surface area contributed by atoms with Crippen molar-refractivity contribution in [2.75, 3.05) is 18.0 Å². The van der Waals surface area contributed by atoms with Crippen molar-refractivity contribution in [2.45, 2.75) is 25.8 Å². The lowest BCUT2D eigenvalue weighted by atomic mass is 10.0. The number of rotatable bonds is 2. The molecule has 0 aliphatic carbocycles. The summed E-state index contributed by atoms with van der Waals surface area (Å²) in [7, 11) is 0. The largest absolute Gasteiger partial charge is 0.356 e. The molecule has 21 heavy (non-hydrogen) atoms. The summed E-state index contributed by atoms with van der Waals surface area (Å²) < 4.78 is 2.20. The van der Waals surface area contributed by atoms with Crippen molar-refractivity contribution in [2.24, 2.45) is 0 Å². The zero-order chi connectivity index (χ0) is 15.0. The molecular formula is C15H16Cl3N3. The molecule has 0 radical (unpaired) electrons. The van der Waals surface area contributed by atoms with Gasteiger partial charge in [0.15, 0.2) is 0 Å². The summed E-state index contributed by atoms with van der Waals surface area (Å²) in [5.41, 5.74) is 1.04. The first-order valence-electron chi connectivity index (χ1n) is 6.96. The van der Waals surface area contributed by atoms with Crippen molar-refractivity contribution in [1.29, 1.82) is 0 Å². The van der Waals surface area contributed by atoms with Crippen LogP contribution in [-0.4, -0.2) is 22.6 Å². The molecule has 0 N–H and O–H groups in total. The third-order valence-corrected chi connectivity index (χ3v) is 5.12. The van der Waals surface area contributed by atoms with Crippen LogP contribution in [0.25, 0.3) is 0 Å². The molecule has 2 aromatic rings. The number of nitrogens with zero attached hydrogens (tertiary/aromatic N) is 3. The fourth-order valence-corrected chi connectivity index (χ4v) is 3.44. The van der Waals surface area contributed by atoms with E-state index in [1.54, 1.807) is 6.07 Å². The summed E-state index contributed by atoms with van der Waals surface area (Å²) in [6.45, 7) is 3.91. The molecule has 0 saturated carbocycles. The van der Waals surface area contributed by atoms with Gasteiger partial charge in [0.25, 0.3) is 0 Å². The maximum atomic E-state index is 6.17. The van der Waals surface area contributed by atoms with E-state index in [9.17, 15) is 0 Å². The quantitative estimate of drug-likeness (QED) is 0.715. The number of hydrogen-bond donors (Lipinski definition) is 0. The van der Waals surface area contributed by atoms with Crippen LogP contribution in [0.3, 0.4) is 0 Å². The van der Waals surface area contributed by atoms with Gasteiger partial charge in [-0.15, -0.1) is 0 Å². The number of pyridine rings is 1. The maximum absolute atomic E-state index is 6.17. The van der Waals surface area contributed by atoms with E-state index in [0.29, 0.717) is 21.2 Å². The Kier molecular flexibility index (Phi) is 4.34. The minimum atomic E-state index is 0.436. The summed E-state index contributed by atoms with van der Waals surface area (Å²) in [6, 6.07) is 6.17. The molecule has 3 nitrogen and oxygen atoms in total. The predicted molar refractivity (Wildman–Crippen MR) is 88.9 cm³/mol. The Balaban J connectivity index is 1.72. The minimum absolute atomic E-state index is 0.436. The van der Waals surface area contributed by atoms with Crippen LogP contribution >= 0.6 is 34.8 Å². The fourth-order valence-electron chi connectivity index (χ4n) is 2.89. The topological polar surface area (TPSA) is 21.1 Å². The molecule has 0 atom stereocenters. The van der Waals surface area contributed by atoms with Crippen molar-refractivity contribution >= 4 is 40.6 Å². The molecule has 2 aromatic heterocycles. The van der Waals surface area contributed by atoms with Gasteiger partial charge in [0.1, 0.15) is 11.0 Å².